The van der Waals surface area contributed by atoms with Gasteiger partial charge in [-0.15, -0.1) is 0 Å². The van der Waals surface area contributed by atoms with Crippen molar-refractivity contribution >= 4 is 11.0 Å². The lowest BCUT2D eigenvalue weighted by Crippen LogP contribution is -2.31. The Balaban J connectivity index is 1.49. The average molecular weight is 377 g/mol. The van der Waals surface area contributed by atoms with Crippen LogP contribution in [0.5, 0.6) is 0 Å². The summed E-state index contributed by atoms with van der Waals surface area (Å²) >= 11 is 0. The lowest BCUT2D eigenvalue weighted by atomic mass is 10.00. The molecule has 5 rings (SSSR count). The highest BCUT2D eigenvalue weighted by Crippen LogP contribution is 2.31. The molecule has 0 radical (unpaired) electrons. The minimum Gasteiger partial charge on any atom is -0.309 e. The monoisotopic (exact) mass is 377 g/mol. The molecule has 6 heteroatoms. The second kappa shape index (κ2) is 7.17. The number of hydrogen-bond acceptors (Lipinski definition) is 4. The van der Waals surface area contributed by atoms with E-state index in [-0.39, 0.29) is 5.56 Å². The van der Waals surface area contributed by atoms with Crippen LogP contribution in [0.1, 0.15) is 61.3 Å². The molecule has 0 amide bonds. The molecule has 28 heavy (non-hydrogen) atoms. The van der Waals surface area contributed by atoms with Crippen molar-refractivity contribution in [3.63, 3.8) is 0 Å². The molecule has 0 unspecified atom stereocenters. The van der Waals surface area contributed by atoms with Gasteiger partial charge in [-0.25, -0.2) is 9.67 Å². The Morgan fingerprint density at radius 2 is 1.96 bits per heavy atom. The van der Waals surface area contributed by atoms with Crippen molar-refractivity contribution in [3.05, 3.63) is 57.3 Å². The summed E-state index contributed by atoms with van der Waals surface area (Å²) in [6.45, 7) is 4.61. The summed E-state index contributed by atoms with van der Waals surface area (Å²) in [5, 5.41) is 5.47. The van der Waals surface area contributed by atoms with Crippen molar-refractivity contribution in [2.75, 3.05) is 6.54 Å². The second-order valence-corrected chi connectivity index (χ2v) is 8.12. The molecule has 3 aromatic rings. The first-order valence-corrected chi connectivity index (χ1v) is 10.5. The summed E-state index contributed by atoms with van der Waals surface area (Å²) in [6.07, 6.45) is 6.53. The smallest absolute Gasteiger partial charge is 0.262 e. The molecule has 0 saturated heterocycles. The summed E-state index contributed by atoms with van der Waals surface area (Å²) in [4.78, 5) is 23.2. The molecule has 1 aromatic carbocycles. The number of rotatable bonds is 4. The van der Waals surface area contributed by atoms with Gasteiger partial charge in [-0.3, -0.25) is 9.69 Å². The van der Waals surface area contributed by atoms with Gasteiger partial charge in [0.1, 0.15) is 11.2 Å². The van der Waals surface area contributed by atoms with Crippen LogP contribution in [0.25, 0.3) is 11.0 Å². The Morgan fingerprint density at radius 3 is 2.75 bits per heavy atom. The maximum absolute atomic E-state index is 12.9. The SMILES string of the molecule is CCc1nn(C2CCCC2)c2nc(CN3CCc4ccccc4C3)[nH]c(=O)c12. The lowest BCUT2D eigenvalue weighted by molar-refractivity contribution is 0.239. The maximum Gasteiger partial charge on any atom is 0.262 e. The van der Waals surface area contributed by atoms with Crippen LogP contribution in [0, 0.1) is 0 Å². The third-order valence-electron chi connectivity index (χ3n) is 6.27. The van der Waals surface area contributed by atoms with Crippen LogP contribution in [0.2, 0.25) is 0 Å². The third-order valence-corrected chi connectivity index (χ3v) is 6.27. The number of benzene rings is 1. The zero-order chi connectivity index (χ0) is 19.1. The molecular weight excluding hydrogens is 350 g/mol. The predicted molar refractivity (Wildman–Crippen MR) is 109 cm³/mol. The highest BCUT2D eigenvalue weighted by molar-refractivity contribution is 5.77. The molecule has 146 valence electrons. The number of aromatic nitrogens is 4. The van der Waals surface area contributed by atoms with Gasteiger partial charge in [0.15, 0.2) is 5.65 Å². The van der Waals surface area contributed by atoms with Crippen LogP contribution in [0.3, 0.4) is 0 Å². The van der Waals surface area contributed by atoms with Crippen molar-refractivity contribution in [2.45, 2.75) is 64.6 Å². The highest BCUT2D eigenvalue weighted by Gasteiger charge is 2.24. The molecule has 0 spiro atoms. The van der Waals surface area contributed by atoms with Gasteiger partial charge in [0.2, 0.25) is 0 Å². The first-order chi connectivity index (χ1) is 13.7. The van der Waals surface area contributed by atoms with Gasteiger partial charge in [-0.2, -0.15) is 5.10 Å². The molecule has 1 fully saturated rings. The predicted octanol–water partition coefficient (Wildman–Crippen LogP) is 3.36. The van der Waals surface area contributed by atoms with Crippen LogP contribution >= 0.6 is 0 Å². The molecule has 0 atom stereocenters. The molecule has 2 aliphatic rings. The topological polar surface area (TPSA) is 66.8 Å². The number of fused-ring (bicyclic) bond motifs is 2. The minimum atomic E-state index is -0.0430. The van der Waals surface area contributed by atoms with E-state index in [2.05, 4.69) is 41.1 Å². The third kappa shape index (κ3) is 3.05. The van der Waals surface area contributed by atoms with Crippen molar-refractivity contribution in [3.8, 4) is 0 Å². The van der Waals surface area contributed by atoms with E-state index >= 15 is 0 Å². The van der Waals surface area contributed by atoms with Gasteiger partial charge in [-0.1, -0.05) is 44.0 Å². The van der Waals surface area contributed by atoms with Gasteiger partial charge in [0, 0.05) is 13.1 Å². The summed E-state index contributed by atoms with van der Waals surface area (Å²) in [7, 11) is 0. The van der Waals surface area contributed by atoms with E-state index in [0.717, 1.165) is 55.9 Å². The fourth-order valence-corrected chi connectivity index (χ4v) is 4.79. The molecule has 1 aliphatic heterocycles. The molecular formula is C22H27N5O. The Labute approximate surface area is 164 Å². The van der Waals surface area contributed by atoms with Gasteiger partial charge in [0.25, 0.3) is 5.56 Å². The van der Waals surface area contributed by atoms with E-state index in [1.807, 2.05) is 4.68 Å². The summed E-state index contributed by atoms with van der Waals surface area (Å²) < 4.78 is 2.05. The van der Waals surface area contributed by atoms with E-state index in [0.29, 0.717) is 18.0 Å². The quantitative estimate of drug-likeness (QED) is 0.757. The van der Waals surface area contributed by atoms with Crippen LogP contribution < -0.4 is 5.56 Å². The lowest BCUT2D eigenvalue weighted by Gasteiger charge is -2.28. The van der Waals surface area contributed by atoms with E-state index in [1.54, 1.807) is 0 Å². The molecule has 0 bridgehead atoms. The first-order valence-electron chi connectivity index (χ1n) is 10.5. The van der Waals surface area contributed by atoms with Gasteiger partial charge >= 0.3 is 0 Å². The second-order valence-electron chi connectivity index (χ2n) is 8.12. The summed E-state index contributed by atoms with van der Waals surface area (Å²) in [5.74, 6) is 0.749. The Kier molecular flexibility index (Phi) is 4.51. The number of nitrogens with zero attached hydrogens (tertiary/aromatic N) is 4. The molecule has 3 heterocycles. The Morgan fingerprint density at radius 1 is 1.18 bits per heavy atom. The maximum atomic E-state index is 12.9. The molecule has 6 nitrogen and oxygen atoms in total. The number of nitrogens with one attached hydrogen (secondary N) is 1. The van der Waals surface area contributed by atoms with Crippen molar-refractivity contribution in [2.24, 2.45) is 0 Å². The Bertz CT molecular complexity index is 1060. The molecule has 1 saturated carbocycles. The van der Waals surface area contributed by atoms with Crippen LogP contribution in [-0.2, 0) is 25.9 Å². The van der Waals surface area contributed by atoms with Gasteiger partial charge in [-0.05, 0) is 36.8 Å². The number of aromatic amines is 1. The zero-order valence-corrected chi connectivity index (χ0v) is 16.4. The summed E-state index contributed by atoms with van der Waals surface area (Å²) in [6, 6.07) is 9.00. The average Bonchev–Trinajstić information content (AvgIpc) is 3.35. The van der Waals surface area contributed by atoms with E-state index in [9.17, 15) is 4.79 Å². The largest absolute Gasteiger partial charge is 0.309 e. The normalized spacial score (nSPS) is 18.0. The standard InChI is InChI=1S/C22H27N5O/c1-2-18-20-21(27(25-18)17-9-5-6-10-17)23-19(24-22(20)28)14-26-12-11-15-7-3-4-8-16(15)13-26/h3-4,7-8,17H,2,5-6,9-14H2,1H3,(H,23,24,28). The number of H-pyrrole nitrogens is 1. The molecule has 1 aliphatic carbocycles. The minimum absolute atomic E-state index is 0.0430. The van der Waals surface area contributed by atoms with E-state index in [1.165, 1.54) is 24.0 Å². The van der Waals surface area contributed by atoms with E-state index in [4.69, 9.17) is 10.1 Å². The summed E-state index contributed by atoms with van der Waals surface area (Å²) in [5.41, 5.74) is 4.41. The molecule has 2 aromatic heterocycles. The Hall–Kier alpha value is -2.47. The fraction of sp³-hybridized carbons (Fsp3) is 0.500. The first kappa shape index (κ1) is 17.6. The van der Waals surface area contributed by atoms with Crippen molar-refractivity contribution in [1.29, 1.82) is 0 Å². The van der Waals surface area contributed by atoms with Crippen LogP contribution in [0.4, 0.5) is 0 Å². The number of aryl methyl sites for hydroxylation is 1. The number of hydrogen-bond donors (Lipinski definition) is 1. The van der Waals surface area contributed by atoms with Crippen LogP contribution in [0.15, 0.2) is 29.1 Å². The van der Waals surface area contributed by atoms with Gasteiger partial charge < -0.3 is 4.98 Å². The van der Waals surface area contributed by atoms with Crippen molar-refractivity contribution < 1.29 is 0 Å². The zero-order valence-electron chi connectivity index (χ0n) is 16.4. The molecule has 1 N–H and O–H groups in total. The highest BCUT2D eigenvalue weighted by atomic mass is 16.1. The van der Waals surface area contributed by atoms with E-state index < -0.39 is 0 Å². The van der Waals surface area contributed by atoms with Crippen molar-refractivity contribution in [1.82, 2.24) is 24.6 Å². The fourth-order valence-electron chi connectivity index (χ4n) is 4.79. The van der Waals surface area contributed by atoms with Crippen LogP contribution in [-0.4, -0.2) is 31.2 Å². The van der Waals surface area contributed by atoms with Gasteiger partial charge in [0.05, 0.1) is 18.3 Å².